The molecule has 1 aliphatic rings. The molecule has 0 radical (unpaired) electrons. The van der Waals surface area contributed by atoms with E-state index in [4.69, 9.17) is 4.74 Å². The highest BCUT2D eigenvalue weighted by Gasteiger charge is 2.10. The molecule has 0 atom stereocenters. The fraction of sp³-hybridized carbons (Fsp3) is 0.600. The van der Waals surface area contributed by atoms with E-state index in [-0.39, 0.29) is 0 Å². The molecule has 1 aliphatic carbocycles. The van der Waals surface area contributed by atoms with Crippen LogP contribution in [0.4, 0.5) is 0 Å². The number of rotatable bonds is 5. The van der Waals surface area contributed by atoms with Gasteiger partial charge in [-0.1, -0.05) is 47.7 Å². The summed E-state index contributed by atoms with van der Waals surface area (Å²) in [5.74, 6) is 0.937. The molecule has 1 N–H and O–H groups in total. The van der Waals surface area contributed by atoms with Crippen molar-refractivity contribution in [1.29, 1.82) is 0 Å². The molecule has 0 saturated heterocycles. The van der Waals surface area contributed by atoms with Gasteiger partial charge < -0.3 is 10.1 Å². The van der Waals surface area contributed by atoms with Gasteiger partial charge in [0.15, 0.2) is 0 Å². The quantitative estimate of drug-likeness (QED) is 0.652. The van der Waals surface area contributed by atoms with E-state index in [0.717, 1.165) is 23.4 Å². The lowest BCUT2D eigenvalue weighted by atomic mass is 10.1. The monoisotopic (exact) mass is 311 g/mol. The van der Waals surface area contributed by atoms with Gasteiger partial charge in [-0.15, -0.1) is 0 Å². The highest BCUT2D eigenvalue weighted by Crippen LogP contribution is 2.18. The third-order valence-electron chi connectivity index (χ3n) is 3.46. The van der Waals surface area contributed by atoms with E-state index >= 15 is 0 Å². The number of nitrogens with one attached hydrogen (secondary N) is 1. The molecule has 0 unspecified atom stereocenters. The highest BCUT2D eigenvalue weighted by molar-refractivity contribution is 9.10. The van der Waals surface area contributed by atoms with Crippen LogP contribution in [0.5, 0.6) is 5.75 Å². The standard InChI is InChI=1S/C15H22BrNO/c16-13-6-5-9-15(12-13)18-11-10-17-14-7-3-1-2-4-8-14/h5-6,9,12,14,17H,1-4,7-8,10-11H2. The Labute approximate surface area is 118 Å². The molecule has 1 aromatic carbocycles. The molecule has 0 spiro atoms. The molecule has 1 saturated carbocycles. The van der Waals surface area contributed by atoms with Crippen LogP contribution in [0.2, 0.25) is 0 Å². The lowest BCUT2D eigenvalue weighted by molar-refractivity contribution is 0.300. The van der Waals surface area contributed by atoms with Crippen molar-refractivity contribution in [2.45, 2.75) is 44.6 Å². The molecule has 0 heterocycles. The molecule has 100 valence electrons. The lowest BCUT2D eigenvalue weighted by Crippen LogP contribution is -2.32. The van der Waals surface area contributed by atoms with Crippen molar-refractivity contribution in [3.8, 4) is 5.75 Å². The van der Waals surface area contributed by atoms with Crippen LogP contribution in [0.3, 0.4) is 0 Å². The maximum Gasteiger partial charge on any atom is 0.120 e. The van der Waals surface area contributed by atoms with Crippen LogP contribution < -0.4 is 10.1 Å². The molecule has 0 aromatic heterocycles. The summed E-state index contributed by atoms with van der Waals surface area (Å²) in [6, 6.07) is 8.72. The molecule has 2 rings (SSSR count). The van der Waals surface area contributed by atoms with Crippen molar-refractivity contribution in [3.63, 3.8) is 0 Å². The van der Waals surface area contributed by atoms with Crippen LogP contribution >= 0.6 is 15.9 Å². The number of halogens is 1. The summed E-state index contributed by atoms with van der Waals surface area (Å²) >= 11 is 3.45. The first kappa shape index (κ1) is 13.9. The first-order valence-electron chi connectivity index (χ1n) is 6.96. The molecule has 18 heavy (non-hydrogen) atoms. The van der Waals surface area contributed by atoms with Crippen molar-refractivity contribution < 1.29 is 4.74 Å². The van der Waals surface area contributed by atoms with Gasteiger partial charge in [0.2, 0.25) is 0 Å². The second-order valence-electron chi connectivity index (χ2n) is 4.95. The van der Waals surface area contributed by atoms with E-state index in [1.165, 1.54) is 38.5 Å². The van der Waals surface area contributed by atoms with Crippen molar-refractivity contribution in [3.05, 3.63) is 28.7 Å². The van der Waals surface area contributed by atoms with Gasteiger partial charge in [0.05, 0.1) is 0 Å². The Balaban J connectivity index is 1.63. The Morgan fingerprint density at radius 3 is 2.67 bits per heavy atom. The van der Waals surface area contributed by atoms with Gasteiger partial charge in [-0.2, -0.15) is 0 Å². The summed E-state index contributed by atoms with van der Waals surface area (Å²) in [5.41, 5.74) is 0. The van der Waals surface area contributed by atoms with E-state index in [1.807, 2.05) is 24.3 Å². The van der Waals surface area contributed by atoms with Crippen LogP contribution in [-0.2, 0) is 0 Å². The number of hydrogen-bond donors (Lipinski definition) is 1. The molecule has 0 bridgehead atoms. The predicted molar refractivity (Wildman–Crippen MR) is 79.1 cm³/mol. The lowest BCUT2D eigenvalue weighted by Gasteiger charge is -2.16. The summed E-state index contributed by atoms with van der Waals surface area (Å²) in [4.78, 5) is 0. The van der Waals surface area contributed by atoms with Gasteiger partial charge in [-0.05, 0) is 31.0 Å². The van der Waals surface area contributed by atoms with Crippen LogP contribution in [0.15, 0.2) is 28.7 Å². The van der Waals surface area contributed by atoms with Crippen molar-refractivity contribution in [2.75, 3.05) is 13.2 Å². The van der Waals surface area contributed by atoms with E-state index in [2.05, 4.69) is 21.2 Å². The second-order valence-corrected chi connectivity index (χ2v) is 5.86. The normalized spacial score (nSPS) is 17.4. The smallest absolute Gasteiger partial charge is 0.120 e. The minimum Gasteiger partial charge on any atom is -0.492 e. The van der Waals surface area contributed by atoms with Gasteiger partial charge in [0.25, 0.3) is 0 Å². The third kappa shape index (κ3) is 4.99. The average molecular weight is 312 g/mol. The Morgan fingerprint density at radius 2 is 1.94 bits per heavy atom. The first-order valence-corrected chi connectivity index (χ1v) is 7.75. The van der Waals surface area contributed by atoms with Crippen molar-refractivity contribution >= 4 is 15.9 Å². The molecule has 0 amide bonds. The molecule has 3 heteroatoms. The van der Waals surface area contributed by atoms with Gasteiger partial charge in [0.1, 0.15) is 12.4 Å². The van der Waals surface area contributed by atoms with Gasteiger partial charge >= 0.3 is 0 Å². The van der Waals surface area contributed by atoms with Crippen molar-refractivity contribution in [2.24, 2.45) is 0 Å². The Kier molecular flexibility index (Phi) is 6.01. The summed E-state index contributed by atoms with van der Waals surface area (Å²) in [5, 5.41) is 3.61. The third-order valence-corrected chi connectivity index (χ3v) is 3.95. The van der Waals surface area contributed by atoms with Crippen LogP contribution in [0.1, 0.15) is 38.5 Å². The minimum atomic E-state index is 0.707. The maximum absolute atomic E-state index is 5.72. The Bertz CT molecular complexity index is 348. The van der Waals surface area contributed by atoms with E-state index in [0.29, 0.717) is 6.04 Å². The van der Waals surface area contributed by atoms with Crippen LogP contribution in [-0.4, -0.2) is 19.2 Å². The SMILES string of the molecule is Brc1cccc(OCCNC2CCCCCC2)c1. The van der Waals surface area contributed by atoms with Gasteiger partial charge in [0, 0.05) is 17.1 Å². The zero-order valence-corrected chi connectivity index (χ0v) is 12.4. The van der Waals surface area contributed by atoms with Crippen LogP contribution in [0, 0.1) is 0 Å². The zero-order valence-electron chi connectivity index (χ0n) is 10.8. The summed E-state index contributed by atoms with van der Waals surface area (Å²) in [6.45, 7) is 1.68. The summed E-state index contributed by atoms with van der Waals surface area (Å²) in [6.07, 6.45) is 8.24. The van der Waals surface area contributed by atoms with E-state index in [1.54, 1.807) is 0 Å². The fourth-order valence-corrected chi connectivity index (χ4v) is 2.85. The largest absolute Gasteiger partial charge is 0.492 e. The van der Waals surface area contributed by atoms with Gasteiger partial charge in [-0.25, -0.2) is 0 Å². The molecular formula is C15H22BrNO. The number of benzene rings is 1. The summed E-state index contributed by atoms with van der Waals surface area (Å²) < 4.78 is 6.78. The molecule has 1 fully saturated rings. The van der Waals surface area contributed by atoms with Crippen LogP contribution in [0.25, 0.3) is 0 Å². The Hall–Kier alpha value is -0.540. The zero-order chi connectivity index (χ0) is 12.6. The first-order chi connectivity index (χ1) is 8.84. The highest BCUT2D eigenvalue weighted by atomic mass is 79.9. The molecule has 2 nitrogen and oxygen atoms in total. The summed E-state index contributed by atoms with van der Waals surface area (Å²) in [7, 11) is 0. The van der Waals surface area contributed by atoms with E-state index in [9.17, 15) is 0 Å². The fourth-order valence-electron chi connectivity index (χ4n) is 2.47. The Morgan fingerprint density at radius 1 is 1.17 bits per heavy atom. The average Bonchev–Trinajstić information content (AvgIpc) is 2.63. The van der Waals surface area contributed by atoms with Crippen molar-refractivity contribution in [1.82, 2.24) is 5.32 Å². The molecule has 1 aromatic rings. The second kappa shape index (κ2) is 7.80. The molecular weight excluding hydrogens is 290 g/mol. The predicted octanol–water partition coefficient (Wildman–Crippen LogP) is 4.14. The van der Waals surface area contributed by atoms with E-state index < -0.39 is 0 Å². The topological polar surface area (TPSA) is 21.3 Å². The maximum atomic E-state index is 5.72. The van der Waals surface area contributed by atoms with Gasteiger partial charge in [-0.3, -0.25) is 0 Å². The minimum absolute atomic E-state index is 0.707. The molecule has 0 aliphatic heterocycles. The number of hydrogen-bond acceptors (Lipinski definition) is 2. The number of ether oxygens (including phenoxy) is 1.